The molecule has 0 fully saturated rings. The standard InChI is InChI=1S/C17H21NO3.ClH/c1-11-9-15(13(3)21-11)12(2)18-10-14-5-4-6-16-17(14)20-8-7-19-16;/h4-6,9,12,18H,7-8,10H2,1-3H3;1H. The molecule has 3 rings (SSSR count). The van der Waals surface area contributed by atoms with Gasteiger partial charge < -0.3 is 19.2 Å². The zero-order valence-corrected chi connectivity index (χ0v) is 14.0. The van der Waals surface area contributed by atoms with E-state index in [-0.39, 0.29) is 18.4 Å². The van der Waals surface area contributed by atoms with Crippen molar-refractivity contribution in [1.82, 2.24) is 5.32 Å². The van der Waals surface area contributed by atoms with Crippen molar-refractivity contribution >= 4 is 12.4 Å². The third-order valence-corrected chi connectivity index (χ3v) is 3.79. The van der Waals surface area contributed by atoms with Gasteiger partial charge >= 0.3 is 0 Å². The largest absolute Gasteiger partial charge is 0.486 e. The molecule has 0 radical (unpaired) electrons. The first-order valence-electron chi connectivity index (χ1n) is 7.33. The van der Waals surface area contributed by atoms with Crippen LogP contribution >= 0.6 is 12.4 Å². The van der Waals surface area contributed by atoms with Gasteiger partial charge in [0, 0.05) is 23.7 Å². The van der Waals surface area contributed by atoms with Crippen LogP contribution in [0.15, 0.2) is 28.7 Å². The number of rotatable bonds is 4. The Morgan fingerprint density at radius 1 is 1.18 bits per heavy atom. The molecule has 4 nitrogen and oxygen atoms in total. The molecule has 5 heteroatoms. The lowest BCUT2D eigenvalue weighted by atomic mass is 10.1. The summed E-state index contributed by atoms with van der Waals surface area (Å²) in [5, 5.41) is 3.52. The van der Waals surface area contributed by atoms with Crippen molar-refractivity contribution in [3.05, 3.63) is 46.9 Å². The lowest BCUT2D eigenvalue weighted by Gasteiger charge is -2.22. The molecule has 1 unspecified atom stereocenters. The first-order chi connectivity index (χ1) is 10.1. The van der Waals surface area contributed by atoms with Crippen LogP contribution in [0, 0.1) is 13.8 Å². The highest BCUT2D eigenvalue weighted by Crippen LogP contribution is 2.34. The third-order valence-electron chi connectivity index (χ3n) is 3.79. The van der Waals surface area contributed by atoms with Crippen molar-refractivity contribution in [3.63, 3.8) is 0 Å². The number of para-hydroxylation sites is 1. The molecule has 0 saturated carbocycles. The molecule has 0 saturated heterocycles. The second kappa shape index (κ2) is 7.07. The van der Waals surface area contributed by atoms with Crippen LogP contribution in [0.5, 0.6) is 11.5 Å². The van der Waals surface area contributed by atoms with Crippen LogP contribution in [-0.4, -0.2) is 13.2 Å². The summed E-state index contributed by atoms with van der Waals surface area (Å²) in [4.78, 5) is 0. The van der Waals surface area contributed by atoms with Gasteiger partial charge in [-0.2, -0.15) is 0 Å². The van der Waals surface area contributed by atoms with E-state index in [4.69, 9.17) is 13.9 Å². The van der Waals surface area contributed by atoms with Crippen molar-refractivity contribution in [2.45, 2.75) is 33.4 Å². The molecule has 1 aliphatic rings. The fourth-order valence-corrected chi connectivity index (χ4v) is 2.73. The van der Waals surface area contributed by atoms with Crippen molar-refractivity contribution in [1.29, 1.82) is 0 Å². The van der Waals surface area contributed by atoms with Crippen LogP contribution < -0.4 is 14.8 Å². The van der Waals surface area contributed by atoms with Crippen LogP contribution in [0.4, 0.5) is 0 Å². The molecule has 0 amide bonds. The summed E-state index contributed by atoms with van der Waals surface area (Å²) in [7, 11) is 0. The van der Waals surface area contributed by atoms with Gasteiger partial charge in [-0.3, -0.25) is 0 Å². The maximum absolute atomic E-state index is 5.74. The van der Waals surface area contributed by atoms with Crippen molar-refractivity contribution < 1.29 is 13.9 Å². The maximum Gasteiger partial charge on any atom is 0.165 e. The average molecular weight is 324 g/mol. The number of halogens is 1. The van der Waals surface area contributed by atoms with E-state index in [1.165, 1.54) is 5.56 Å². The topological polar surface area (TPSA) is 43.6 Å². The second-order valence-electron chi connectivity index (χ2n) is 5.41. The van der Waals surface area contributed by atoms with Gasteiger partial charge in [0.2, 0.25) is 0 Å². The van der Waals surface area contributed by atoms with Crippen molar-refractivity contribution in [2.75, 3.05) is 13.2 Å². The van der Waals surface area contributed by atoms with Gasteiger partial charge in [-0.15, -0.1) is 12.4 Å². The molecule has 1 N–H and O–H groups in total. The second-order valence-corrected chi connectivity index (χ2v) is 5.41. The van der Waals surface area contributed by atoms with Crippen LogP contribution in [-0.2, 0) is 6.54 Å². The monoisotopic (exact) mass is 323 g/mol. The Morgan fingerprint density at radius 3 is 2.68 bits per heavy atom. The van der Waals surface area contributed by atoms with Crippen LogP contribution in [0.1, 0.15) is 35.6 Å². The summed E-state index contributed by atoms with van der Waals surface area (Å²) >= 11 is 0. The lowest BCUT2D eigenvalue weighted by Crippen LogP contribution is -2.21. The summed E-state index contributed by atoms with van der Waals surface area (Å²) in [5.41, 5.74) is 2.33. The van der Waals surface area contributed by atoms with E-state index in [2.05, 4.69) is 24.4 Å². The summed E-state index contributed by atoms with van der Waals surface area (Å²) in [5.74, 6) is 3.62. The minimum Gasteiger partial charge on any atom is -0.486 e. The van der Waals surface area contributed by atoms with Gasteiger partial charge in [-0.05, 0) is 32.9 Å². The van der Waals surface area contributed by atoms with E-state index in [0.717, 1.165) is 35.1 Å². The van der Waals surface area contributed by atoms with Gasteiger partial charge in [0.25, 0.3) is 0 Å². The molecule has 0 spiro atoms. The van der Waals surface area contributed by atoms with E-state index in [1.807, 2.05) is 26.0 Å². The van der Waals surface area contributed by atoms with Gasteiger partial charge in [0.1, 0.15) is 24.7 Å². The Hall–Kier alpha value is -1.65. The molecular formula is C17H22ClNO3. The molecule has 22 heavy (non-hydrogen) atoms. The van der Waals surface area contributed by atoms with Gasteiger partial charge in [0.05, 0.1) is 0 Å². The number of ether oxygens (including phenoxy) is 2. The Labute approximate surface area is 137 Å². The Bertz CT molecular complexity index is 639. The lowest BCUT2D eigenvalue weighted by molar-refractivity contribution is 0.169. The highest BCUT2D eigenvalue weighted by atomic mass is 35.5. The van der Waals surface area contributed by atoms with Crippen LogP contribution in [0.2, 0.25) is 0 Å². The maximum atomic E-state index is 5.74. The number of benzene rings is 1. The number of fused-ring (bicyclic) bond motifs is 1. The molecule has 120 valence electrons. The third kappa shape index (κ3) is 3.39. The molecule has 2 aromatic rings. The van der Waals surface area contributed by atoms with E-state index in [9.17, 15) is 0 Å². The minimum absolute atomic E-state index is 0. The zero-order chi connectivity index (χ0) is 14.8. The van der Waals surface area contributed by atoms with Gasteiger partial charge in [-0.25, -0.2) is 0 Å². The number of aryl methyl sites for hydroxylation is 2. The molecule has 0 bridgehead atoms. The SMILES string of the molecule is Cc1cc(C(C)NCc2cccc3c2OCCO3)c(C)o1.Cl. The van der Waals surface area contributed by atoms with E-state index >= 15 is 0 Å². The quantitative estimate of drug-likeness (QED) is 0.925. The number of furan rings is 1. The molecule has 1 aromatic carbocycles. The summed E-state index contributed by atoms with van der Waals surface area (Å²) in [6.45, 7) is 8.08. The molecule has 1 aromatic heterocycles. The summed E-state index contributed by atoms with van der Waals surface area (Å²) in [6.07, 6.45) is 0. The van der Waals surface area contributed by atoms with Crippen LogP contribution in [0.3, 0.4) is 0 Å². The number of nitrogens with one attached hydrogen (secondary N) is 1. The van der Waals surface area contributed by atoms with E-state index in [0.29, 0.717) is 13.2 Å². The van der Waals surface area contributed by atoms with Gasteiger partial charge in [0.15, 0.2) is 11.5 Å². The first kappa shape index (κ1) is 16.7. The molecule has 1 aliphatic heterocycles. The number of hydrogen-bond donors (Lipinski definition) is 1. The Balaban J connectivity index is 0.00000176. The normalized spacial score (nSPS) is 14.3. The van der Waals surface area contributed by atoms with Crippen molar-refractivity contribution in [2.24, 2.45) is 0 Å². The van der Waals surface area contributed by atoms with E-state index in [1.54, 1.807) is 0 Å². The minimum atomic E-state index is 0. The smallest absolute Gasteiger partial charge is 0.165 e. The molecule has 1 atom stereocenters. The predicted molar refractivity (Wildman–Crippen MR) is 88.1 cm³/mol. The first-order valence-corrected chi connectivity index (χ1v) is 7.33. The average Bonchev–Trinajstić information content (AvgIpc) is 2.83. The Morgan fingerprint density at radius 2 is 1.95 bits per heavy atom. The van der Waals surface area contributed by atoms with Gasteiger partial charge in [-0.1, -0.05) is 12.1 Å². The summed E-state index contributed by atoms with van der Waals surface area (Å²) in [6, 6.07) is 8.34. The highest BCUT2D eigenvalue weighted by Gasteiger charge is 2.17. The van der Waals surface area contributed by atoms with Crippen molar-refractivity contribution in [3.8, 4) is 11.5 Å². The fourth-order valence-electron chi connectivity index (χ4n) is 2.73. The predicted octanol–water partition coefficient (Wildman–Crippen LogP) is 3.94. The molecular weight excluding hydrogens is 302 g/mol. The molecule has 2 heterocycles. The number of hydrogen-bond acceptors (Lipinski definition) is 4. The zero-order valence-electron chi connectivity index (χ0n) is 13.1. The van der Waals surface area contributed by atoms with E-state index < -0.39 is 0 Å². The van der Waals surface area contributed by atoms with Crippen LogP contribution in [0.25, 0.3) is 0 Å². The fraction of sp³-hybridized carbons (Fsp3) is 0.412. The summed E-state index contributed by atoms with van der Waals surface area (Å²) < 4.78 is 16.9. The Kier molecular flexibility index (Phi) is 5.37. The molecule has 0 aliphatic carbocycles. The highest BCUT2D eigenvalue weighted by molar-refractivity contribution is 5.85.